The molecule has 0 fully saturated rings. The number of aromatic nitrogens is 1. The van der Waals surface area contributed by atoms with Crippen molar-refractivity contribution in [1.82, 2.24) is 4.57 Å². The number of hydrogen-bond donors (Lipinski definition) is 0. The fourth-order valence-corrected chi connectivity index (χ4v) is 9.59. The fourth-order valence-electron chi connectivity index (χ4n) is 9.59. The Morgan fingerprint density at radius 1 is 0.491 bits per heavy atom. The molecule has 2 aliphatic rings. The van der Waals surface area contributed by atoms with Crippen LogP contribution in [0, 0.1) is 12.7 Å². The standard InChI is InChI=1S/C49H31BFN3O/c1-30-18-22-34(23-19-30)54-41-17-9-16-40-46(41)50(45-38-28-29-55-43(38)27-26-42(45)52(40)33-24-20-31(51)21-25-33)47-44-37-14-7-8-15-39(37)53(32-10-3-2-4-11-32)48(44)35-12-5-6-13-36(35)49(47)54/h2-29H,1H3. The molecule has 0 spiro atoms. The lowest BCUT2D eigenvalue weighted by molar-refractivity contribution is 0.616. The van der Waals surface area contributed by atoms with E-state index in [1.807, 2.05) is 12.1 Å². The SMILES string of the molecule is Cc1ccc(N2c3cccc4c3B(c3c(ccc5occc35)N4c3ccc(F)cc3)c3c2c2ccccc2c2c3c3ccccc3n2-c2ccccc2)cc1. The van der Waals surface area contributed by atoms with Crippen molar-refractivity contribution in [3.8, 4) is 5.69 Å². The third kappa shape index (κ3) is 4.11. The van der Waals surface area contributed by atoms with Crippen molar-refractivity contribution in [3.05, 3.63) is 181 Å². The van der Waals surface area contributed by atoms with Gasteiger partial charge in [0.1, 0.15) is 11.4 Å². The molecule has 0 unspecified atom stereocenters. The quantitative estimate of drug-likeness (QED) is 0.171. The van der Waals surface area contributed by atoms with Crippen LogP contribution >= 0.6 is 0 Å². The summed E-state index contributed by atoms with van der Waals surface area (Å²) in [5.41, 5.74) is 15.6. The Kier molecular flexibility index (Phi) is 6.21. The van der Waals surface area contributed by atoms with Crippen LogP contribution in [0.25, 0.3) is 49.2 Å². The molecule has 10 aromatic rings. The molecule has 2 aliphatic heterocycles. The number of anilines is 6. The van der Waals surface area contributed by atoms with E-state index in [1.54, 1.807) is 18.4 Å². The molecule has 55 heavy (non-hydrogen) atoms. The third-order valence-corrected chi connectivity index (χ3v) is 11.8. The Balaban J connectivity index is 1.33. The third-order valence-electron chi connectivity index (χ3n) is 11.8. The molecule has 6 heteroatoms. The topological polar surface area (TPSA) is 24.6 Å². The lowest BCUT2D eigenvalue weighted by Gasteiger charge is -2.45. The minimum atomic E-state index is -0.261. The first kappa shape index (κ1) is 30.4. The van der Waals surface area contributed by atoms with Gasteiger partial charge in [0.25, 0.3) is 6.71 Å². The number of furan rings is 1. The predicted molar refractivity (Wildman–Crippen MR) is 227 cm³/mol. The largest absolute Gasteiger partial charge is 0.464 e. The second-order valence-electron chi connectivity index (χ2n) is 14.7. The van der Waals surface area contributed by atoms with Crippen LogP contribution in [0.5, 0.6) is 0 Å². The van der Waals surface area contributed by atoms with E-state index < -0.39 is 0 Å². The molecule has 0 atom stereocenters. The minimum absolute atomic E-state index is 0.168. The van der Waals surface area contributed by atoms with Crippen molar-refractivity contribution in [3.63, 3.8) is 0 Å². The number of rotatable bonds is 3. The molecule has 0 N–H and O–H groups in total. The summed E-state index contributed by atoms with van der Waals surface area (Å²) in [7, 11) is 0. The molecule has 4 heterocycles. The molecule has 4 nitrogen and oxygen atoms in total. The van der Waals surface area contributed by atoms with Gasteiger partial charge in [0.05, 0.1) is 23.0 Å². The van der Waals surface area contributed by atoms with Crippen molar-refractivity contribution < 1.29 is 8.81 Å². The number of benzene rings is 8. The molecule has 12 rings (SSSR count). The van der Waals surface area contributed by atoms with Gasteiger partial charge in [-0.25, -0.2) is 4.39 Å². The van der Waals surface area contributed by atoms with Crippen molar-refractivity contribution in [1.29, 1.82) is 0 Å². The zero-order chi connectivity index (χ0) is 36.4. The fraction of sp³-hybridized carbons (Fsp3) is 0.0204. The molecular weight excluding hydrogens is 676 g/mol. The monoisotopic (exact) mass is 707 g/mol. The van der Waals surface area contributed by atoms with Gasteiger partial charge in [0.15, 0.2) is 0 Å². The maximum Gasteiger partial charge on any atom is 0.254 e. The van der Waals surface area contributed by atoms with Crippen LogP contribution in [0.4, 0.5) is 38.5 Å². The highest BCUT2D eigenvalue weighted by atomic mass is 19.1. The Labute approximate surface area is 317 Å². The smallest absolute Gasteiger partial charge is 0.254 e. The average molecular weight is 708 g/mol. The maximum absolute atomic E-state index is 14.5. The molecule has 0 bridgehead atoms. The first-order valence-corrected chi connectivity index (χ1v) is 18.7. The van der Waals surface area contributed by atoms with E-state index in [1.165, 1.54) is 54.7 Å². The maximum atomic E-state index is 14.5. The van der Waals surface area contributed by atoms with Gasteiger partial charge in [-0.2, -0.15) is 0 Å². The lowest BCUT2D eigenvalue weighted by Crippen LogP contribution is -2.61. The van der Waals surface area contributed by atoms with Gasteiger partial charge in [-0.3, -0.25) is 0 Å². The van der Waals surface area contributed by atoms with Crippen LogP contribution in [-0.4, -0.2) is 11.3 Å². The Bertz CT molecular complexity index is 3190. The number of halogens is 1. The average Bonchev–Trinajstić information content (AvgIpc) is 3.86. The zero-order valence-corrected chi connectivity index (χ0v) is 29.9. The van der Waals surface area contributed by atoms with E-state index in [4.69, 9.17) is 4.42 Å². The molecule has 0 saturated heterocycles. The van der Waals surface area contributed by atoms with Gasteiger partial charge in [-0.15, -0.1) is 0 Å². The summed E-state index contributed by atoms with van der Waals surface area (Å²) in [4.78, 5) is 4.80. The molecule has 8 aromatic carbocycles. The number of hydrogen-bond acceptors (Lipinski definition) is 3. The van der Waals surface area contributed by atoms with Gasteiger partial charge in [-0.1, -0.05) is 84.4 Å². The van der Waals surface area contributed by atoms with Gasteiger partial charge in [0, 0.05) is 61.1 Å². The molecule has 2 aromatic heterocycles. The summed E-state index contributed by atoms with van der Waals surface area (Å²) in [6.07, 6.45) is 1.80. The van der Waals surface area contributed by atoms with E-state index >= 15 is 0 Å². The molecule has 0 aliphatic carbocycles. The van der Waals surface area contributed by atoms with Crippen molar-refractivity contribution >= 4 is 101 Å². The first-order chi connectivity index (χ1) is 27.2. The molecule has 0 radical (unpaired) electrons. The van der Waals surface area contributed by atoms with Gasteiger partial charge in [-0.05, 0) is 108 Å². The summed E-state index contributed by atoms with van der Waals surface area (Å²) in [5, 5.41) is 5.88. The Morgan fingerprint density at radius 3 is 1.95 bits per heavy atom. The van der Waals surface area contributed by atoms with Crippen molar-refractivity contribution in [2.45, 2.75) is 6.92 Å². The summed E-state index contributed by atoms with van der Waals surface area (Å²) in [5.74, 6) is -0.261. The zero-order valence-electron chi connectivity index (χ0n) is 29.9. The van der Waals surface area contributed by atoms with E-state index in [-0.39, 0.29) is 12.5 Å². The highest BCUT2D eigenvalue weighted by Crippen LogP contribution is 2.49. The minimum Gasteiger partial charge on any atom is -0.464 e. The molecule has 0 saturated carbocycles. The number of nitrogens with zero attached hydrogens (tertiary/aromatic N) is 3. The van der Waals surface area contributed by atoms with Crippen LogP contribution in [0.3, 0.4) is 0 Å². The van der Waals surface area contributed by atoms with Crippen LogP contribution in [-0.2, 0) is 0 Å². The molecule has 258 valence electrons. The number of aryl methyl sites for hydroxylation is 1. The Morgan fingerprint density at radius 2 is 1.15 bits per heavy atom. The van der Waals surface area contributed by atoms with Gasteiger partial charge < -0.3 is 18.8 Å². The summed E-state index contributed by atoms with van der Waals surface area (Å²) in [6, 6.07) is 57.3. The normalized spacial score (nSPS) is 13.2. The summed E-state index contributed by atoms with van der Waals surface area (Å²) < 4.78 is 23.1. The van der Waals surface area contributed by atoms with Crippen LogP contribution < -0.4 is 26.2 Å². The molecule has 0 amide bonds. The van der Waals surface area contributed by atoms with Gasteiger partial charge in [0.2, 0.25) is 0 Å². The second kappa shape index (κ2) is 11.2. The van der Waals surface area contributed by atoms with E-state index in [2.05, 4.69) is 161 Å². The van der Waals surface area contributed by atoms with Crippen LogP contribution in [0.1, 0.15) is 5.56 Å². The van der Waals surface area contributed by atoms with Gasteiger partial charge >= 0.3 is 0 Å². The molecular formula is C49H31BFN3O. The highest BCUT2D eigenvalue weighted by Gasteiger charge is 2.46. The summed E-state index contributed by atoms with van der Waals surface area (Å²) in [6.45, 7) is 1.97. The second-order valence-corrected chi connectivity index (χ2v) is 14.7. The van der Waals surface area contributed by atoms with Crippen LogP contribution in [0.2, 0.25) is 0 Å². The Hall–Kier alpha value is -7.05. The highest BCUT2D eigenvalue weighted by molar-refractivity contribution is 7.03. The van der Waals surface area contributed by atoms with E-state index in [0.29, 0.717) is 0 Å². The van der Waals surface area contributed by atoms with E-state index in [0.717, 1.165) is 50.6 Å². The summed E-state index contributed by atoms with van der Waals surface area (Å²) >= 11 is 0. The number of fused-ring (bicyclic) bond motifs is 13. The predicted octanol–water partition coefficient (Wildman–Crippen LogP) is 11.2. The number of para-hydroxylation sites is 2. The van der Waals surface area contributed by atoms with E-state index in [9.17, 15) is 4.39 Å². The lowest BCUT2D eigenvalue weighted by atomic mass is 9.32. The van der Waals surface area contributed by atoms with Crippen LogP contribution in [0.15, 0.2) is 174 Å². The van der Waals surface area contributed by atoms with Crippen molar-refractivity contribution in [2.75, 3.05) is 9.80 Å². The van der Waals surface area contributed by atoms with Crippen molar-refractivity contribution in [2.24, 2.45) is 0 Å². The first-order valence-electron chi connectivity index (χ1n) is 18.7.